The van der Waals surface area contributed by atoms with Gasteiger partial charge >= 0.3 is 0 Å². The van der Waals surface area contributed by atoms with Crippen LogP contribution in [0.1, 0.15) is 49.7 Å². The van der Waals surface area contributed by atoms with Gasteiger partial charge in [0, 0.05) is 51.0 Å². The van der Waals surface area contributed by atoms with E-state index in [0.717, 1.165) is 51.3 Å². The molecule has 1 unspecified atom stereocenters. The molecule has 0 bridgehead atoms. The number of pyridine rings is 1. The summed E-state index contributed by atoms with van der Waals surface area (Å²) in [6, 6.07) is 2.35. The molecule has 1 saturated carbocycles. The maximum absolute atomic E-state index is 12.7. The third-order valence-corrected chi connectivity index (χ3v) is 5.84. The normalized spacial score (nSPS) is 21.3. The van der Waals surface area contributed by atoms with Crippen LogP contribution in [0.4, 0.5) is 0 Å². The SMILES string of the molecule is CN=C(NCCc1ccncc1C)NC1CCN(C(=O)C2CCCCC2)C1. The van der Waals surface area contributed by atoms with Crippen molar-refractivity contribution in [2.24, 2.45) is 10.9 Å². The number of hydrogen-bond donors (Lipinski definition) is 2. The summed E-state index contributed by atoms with van der Waals surface area (Å²) < 4.78 is 0. The quantitative estimate of drug-likeness (QED) is 0.615. The lowest BCUT2D eigenvalue weighted by molar-refractivity contribution is -0.135. The highest BCUT2D eigenvalue weighted by Gasteiger charge is 2.31. The number of likely N-dealkylation sites (tertiary alicyclic amines) is 1. The van der Waals surface area contributed by atoms with Crippen molar-refractivity contribution < 1.29 is 4.79 Å². The molecule has 2 heterocycles. The van der Waals surface area contributed by atoms with Gasteiger partial charge in [0.15, 0.2) is 5.96 Å². The van der Waals surface area contributed by atoms with E-state index in [1.54, 1.807) is 7.05 Å². The highest BCUT2D eigenvalue weighted by Crippen LogP contribution is 2.26. The lowest BCUT2D eigenvalue weighted by Crippen LogP contribution is -2.46. The summed E-state index contributed by atoms with van der Waals surface area (Å²) in [5, 5.41) is 6.88. The molecule has 6 heteroatoms. The van der Waals surface area contributed by atoms with Crippen LogP contribution in [0.2, 0.25) is 0 Å². The Bertz CT molecular complexity index is 654. The number of carbonyl (C=O) groups excluding carboxylic acids is 1. The van der Waals surface area contributed by atoms with E-state index in [0.29, 0.717) is 5.91 Å². The van der Waals surface area contributed by atoms with Crippen LogP contribution in [0.25, 0.3) is 0 Å². The van der Waals surface area contributed by atoms with Gasteiger partial charge in [-0.25, -0.2) is 0 Å². The summed E-state index contributed by atoms with van der Waals surface area (Å²) in [4.78, 5) is 23.2. The van der Waals surface area contributed by atoms with Crippen LogP contribution in [0.3, 0.4) is 0 Å². The van der Waals surface area contributed by atoms with Crippen LogP contribution >= 0.6 is 0 Å². The minimum Gasteiger partial charge on any atom is -0.356 e. The van der Waals surface area contributed by atoms with Crippen LogP contribution in [0.15, 0.2) is 23.5 Å². The molecule has 148 valence electrons. The van der Waals surface area contributed by atoms with Gasteiger partial charge in [-0.15, -0.1) is 0 Å². The molecule has 6 nitrogen and oxygen atoms in total. The lowest BCUT2D eigenvalue weighted by Gasteiger charge is -2.26. The van der Waals surface area contributed by atoms with Gasteiger partial charge in [0.25, 0.3) is 0 Å². The Hall–Kier alpha value is -2.11. The third-order valence-electron chi connectivity index (χ3n) is 5.84. The number of carbonyl (C=O) groups is 1. The number of amides is 1. The van der Waals surface area contributed by atoms with E-state index in [1.165, 1.54) is 30.4 Å². The molecule has 2 N–H and O–H groups in total. The zero-order valence-electron chi connectivity index (χ0n) is 16.7. The smallest absolute Gasteiger partial charge is 0.225 e. The summed E-state index contributed by atoms with van der Waals surface area (Å²) in [6.45, 7) is 4.56. The first kappa shape index (κ1) is 19.6. The van der Waals surface area contributed by atoms with Gasteiger partial charge < -0.3 is 15.5 Å². The molecule has 1 aromatic rings. The summed E-state index contributed by atoms with van der Waals surface area (Å²) in [5.41, 5.74) is 2.52. The van der Waals surface area contributed by atoms with Crippen molar-refractivity contribution >= 4 is 11.9 Å². The van der Waals surface area contributed by atoms with E-state index < -0.39 is 0 Å². The standard InChI is InChI=1S/C21H33N5O/c1-16-14-23-11-8-17(16)9-12-24-21(22-2)25-19-10-13-26(15-19)20(27)18-6-4-3-5-7-18/h8,11,14,18-19H,3-7,9-10,12-13,15H2,1-2H3,(H2,22,24,25). The first-order valence-corrected chi connectivity index (χ1v) is 10.3. The first-order chi connectivity index (χ1) is 13.2. The molecule has 0 spiro atoms. The second-order valence-electron chi connectivity index (χ2n) is 7.80. The minimum atomic E-state index is 0.263. The highest BCUT2D eigenvalue weighted by atomic mass is 16.2. The number of nitrogens with zero attached hydrogens (tertiary/aromatic N) is 3. The fourth-order valence-electron chi connectivity index (χ4n) is 4.17. The summed E-state index contributed by atoms with van der Waals surface area (Å²) in [5.74, 6) is 1.45. The Morgan fingerprint density at radius 3 is 2.85 bits per heavy atom. The highest BCUT2D eigenvalue weighted by molar-refractivity contribution is 5.81. The molecule has 1 aliphatic heterocycles. The third kappa shape index (κ3) is 5.44. The Balaban J connectivity index is 1.42. The second kappa shape index (κ2) is 9.72. The van der Waals surface area contributed by atoms with Crippen molar-refractivity contribution in [1.29, 1.82) is 0 Å². The number of nitrogens with one attached hydrogen (secondary N) is 2. The van der Waals surface area contributed by atoms with Crippen molar-refractivity contribution in [3.8, 4) is 0 Å². The molecule has 1 atom stereocenters. The maximum Gasteiger partial charge on any atom is 0.225 e. The number of hydrogen-bond acceptors (Lipinski definition) is 3. The Kier molecular flexibility index (Phi) is 7.07. The predicted molar refractivity (Wildman–Crippen MR) is 109 cm³/mol. The number of aryl methyl sites for hydroxylation is 1. The van der Waals surface area contributed by atoms with Gasteiger partial charge in [-0.3, -0.25) is 14.8 Å². The molecule has 0 radical (unpaired) electrons. The van der Waals surface area contributed by atoms with Crippen molar-refractivity contribution in [3.63, 3.8) is 0 Å². The van der Waals surface area contributed by atoms with Gasteiger partial charge in [0.2, 0.25) is 5.91 Å². The average molecular weight is 372 g/mol. The van der Waals surface area contributed by atoms with Crippen molar-refractivity contribution in [1.82, 2.24) is 20.5 Å². The zero-order valence-corrected chi connectivity index (χ0v) is 16.7. The van der Waals surface area contributed by atoms with Gasteiger partial charge in [0.1, 0.15) is 0 Å². The van der Waals surface area contributed by atoms with Crippen molar-refractivity contribution in [2.75, 3.05) is 26.7 Å². The molecule has 1 saturated heterocycles. The second-order valence-corrected chi connectivity index (χ2v) is 7.80. The average Bonchev–Trinajstić information content (AvgIpc) is 3.17. The monoisotopic (exact) mass is 371 g/mol. The van der Waals surface area contributed by atoms with Crippen LogP contribution in [0, 0.1) is 12.8 Å². The Morgan fingerprint density at radius 2 is 2.11 bits per heavy atom. The number of aliphatic imine (C=N–C) groups is 1. The van der Waals surface area contributed by atoms with E-state index in [4.69, 9.17) is 0 Å². The van der Waals surface area contributed by atoms with Crippen LogP contribution in [-0.4, -0.2) is 54.5 Å². The summed E-state index contributed by atoms with van der Waals surface area (Å²) >= 11 is 0. The molecule has 2 aliphatic rings. The Labute approximate surface area is 162 Å². The fourth-order valence-corrected chi connectivity index (χ4v) is 4.17. The van der Waals surface area contributed by atoms with E-state index in [-0.39, 0.29) is 12.0 Å². The molecule has 1 aromatic heterocycles. The van der Waals surface area contributed by atoms with Gasteiger partial charge in [-0.2, -0.15) is 0 Å². The van der Waals surface area contributed by atoms with E-state index in [1.807, 2.05) is 12.4 Å². The van der Waals surface area contributed by atoms with Crippen LogP contribution in [0.5, 0.6) is 0 Å². The van der Waals surface area contributed by atoms with Gasteiger partial charge in [-0.1, -0.05) is 19.3 Å². The van der Waals surface area contributed by atoms with Crippen molar-refractivity contribution in [3.05, 3.63) is 29.6 Å². The lowest BCUT2D eigenvalue weighted by atomic mass is 9.88. The van der Waals surface area contributed by atoms with Gasteiger partial charge in [0.05, 0.1) is 0 Å². The van der Waals surface area contributed by atoms with E-state index >= 15 is 0 Å². The summed E-state index contributed by atoms with van der Waals surface area (Å²) in [6.07, 6.45) is 11.5. The molecule has 27 heavy (non-hydrogen) atoms. The minimum absolute atomic E-state index is 0.263. The van der Waals surface area contributed by atoms with E-state index in [9.17, 15) is 4.79 Å². The largest absolute Gasteiger partial charge is 0.356 e. The van der Waals surface area contributed by atoms with E-state index in [2.05, 4.69) is 38.5 Å². The Morgan fingerprint density at radius 1 is 1.30 bits per heavy atom. The van der Waals surface area contributed by atoms with Crippen LogP contribution < -0.4 is 10.6 Å². The van der Waals surface area contributed by atoms with Gasteiger partial charge in [-0.05, 0) is 49.8 Å². The number of aromatic nitrogens is 1. The molecule has 1 amide bonds. The molecular formula is C21H33N5O. The summed E-state index contributed by atoms with van der Waals surface area (Å²) in [7, 11) is 1.80. The molecular weight excluding hydrogens is 338 g/mol. The molecule has 1 aliphatic carbocycles. The number of guanidine groups is 1. The topological polar surface area (TPSA) is 69.6 Å². The number of rotatable bonds is 5. The zero-order chi connectivity index (χ0) is 19.1. The fraction of sp³-hybridized carbons (Fsp3) is 0.667. The maximum atomic E-state index is 12.7. The molecule has 2 fully saturated rings. The molecule has 0 aromatic carbocycles. The first-order valence-electron chi connectivity index (χ1n) is 10.3. The molecule has 3 rings (SSSR count). The van der Waals surface area contributed by atoms with Crippen LogP contribution in [-0.2, 0) is 11.2 Å². The van der Waals surface area contributed by atoms with Crippen molar-refractivity contribution in [2.45, 2.75) is 57.9 Å². The predicted octanol–water partition coefficient (Wildman–Crippen LogP) is 2.28.